The predicted molar refractivity (Wildman–Crippen MR) is 79.0 cm³/mol. The molecule has 1 aliphatic rings. The van der Waals surface area contributed by atoms with Crippen molar-refractivity contribution < 1.29 is 4.79 Å². The lowest BCUT2D eigenvalue weighted by atomic mass is 9.96. The lowest BCUT2D eigenvalue weighted by Gasteiger charge is -2.13. The highest BCUT2D eigenvalue weighted by Crippen LogP contribution is 2.39. The molecule has 0 aliphatic heterocycles. The van der Waals surface area contributed by atoms with E-state index in [-0.39, 0.29) is 5.91 Å². The lowest BCUT2D eigenvalue weighted by Crippen LogP contribution is -2.22. The molecule has 4 nitrogen and oxygen atoms in total. The van der Waals surface area contributed by atoms with Crippen LogP contribution in [-0.2, 0) is 11.2 Å². The van der Waals surface area contributed by atoms with E-state index in [1.807, 2.05) is 4.52 Å². The van der Waals surface area contributed by atoms with Crippen molar-refractivity contribution in [2.24, 2.45) is 0 Å². The molecule has 1 amide bonds. The number of fused-ring (bicyclic) bond motifs is 3. The van der Waals surface area contributed by atoms with Crippen LogP contribution in [-0.4, -0.2) is 22.1 Å². The van der Waals surface area contributed by atoms with Crippen molar-refractivity contribution in [1.82, 2.24) is 14.9 Å². The zero-order chi connectivity index (χ0) is 14.3. The zero-order valence-electron chi connectivity index (χ0n) is 12.4. The fraction of sp³-hybridized carbons (Fsp3) is 0.500. The Bertz CT molecular complexity index is 672. The Morgan fingerprint density at radius 3 is 3.05 bits per heavy atom. The van der Waals surface area contributed by atoms with Crippen LogP contribution >= 0.6 is 0 Å². The standard InChI is InChI=1S/C16H21N3O/c1-10-11(2)18-19-9-7-14-5-4-13(15(14)16(10)19)6-8-17-12(3)20/h7,9,13H,4-6,8H2,1-3H3,(H,17,20). The Hall–Kier alpha value is -1.84. The molecule has 2 aromatic heterocycles. The SMILES string of the molecule is CC(=O)NCCC1CCc2ccn3nc(C)c(C)c3c21. The maximum absolute atomic E-state index is 11.0. The number of hydrogen-bond acceptors (Lipinski definition) is 2. The molecule has 0 aromatic carbocycles. The van der Waals surface area contributed by atoms with Crippen LogP contribution in [0.4, 0.5) is 0 Å². The summed E-state index contributed by atoms with van der Waals surface area (Å²) in [5.74, 6) is 0.591. The Morgan fingerprint density at radius 2 is 2.30 bits per heavy atom. The van der Waals surface area contributed by atoms with Crippen LogP contribution in [0, 0.1) is 13.8 Å². The summed E-state index contributed by atoms with van der Waals surface area (Å²) in [5.41, 5.74) is 6.58. The minimum absolute atomic E-state index is 0.0535. The van der Waals surface area contributed by atoms with Gasteiger partial charge in [0, 0.05) is 19.7 Å². The van der Waals surface area contributed by atoms with Crippen molar-refractivity contribution in [3.05, 3.63) is 34.6 Å². The van der Waals surface area contributed by atoms with Crippen LogP contribution in [0.1, 0.15) is 48.1 Å². The van der Waals surface area contributed by atoms with Crippen LogP contribution in [0.15, 0.2) is 12.3 Å². The van der Waals surface area contributed by atoms with Crippen LogP contribution < -0.4 is 5.32 Å². The summed E-state index contributed by atoms with van der Waals surface area (Å²) in [6, 6.07) is 2.20. The third-order valence-corrected chi connectivity index (χ3v) is 4.44. The summed E-state index contributed by atoms with van der Waals surface area (Å²) in [6.07, 6.45) is 5.40. The van der Waals surface area contributed by atoms with E-state index in [0.29, 0.717) is 5.92 Å². The number of aromatic nitrogens is 2. The number of carbonyl (C=O) groups is 1. The first-order valence-electron chi connectivity index (χ1n) is 7.29. The Balaban J connectivity index is 1.96. The summed E-state index contributed by atoms with van der Waals surface area (Å²) in [5, 5.41) is 7.49. The number of rotatable bonds is 3. The Kier molecular flexibility index (Phi) is 3.24. The monoisotopic (exact) mass is 271 g/mol. The van der Waals surface area contributed by atoms with Gasteiger partial charge in [-0.3, -0.25) is 4.79 Å². The smallest absolute Gasteiger partial charge is 0.216 e. The first kappa shape index (κ1) is 13.2. The quantitative estimate of drug-likeness (QED) is 0.932. The molecule has 2 aromatic rings. The van der Waals surface area contributed by atoms with E-state index < -0.39 is 0 Å². The van der Waals surface area contributed by atoms with E-state index in [2.05, 4.69) is 36.5 Å². The van der Waals surface area contributed by atoms with Crippen LogP contribution in [0.5, 0.6) is 0 Å². The van der Waals surface area contributed by atoms with Gasteiger partial charge in [-0.1, -0.05) is 0 Å². The summed E-state index contributed by atoms with van der Waals surface area (Å²) >= 11 is 0. The number of pyridine rings is 1. The second-order valence-electron chi connectivity index (χ2n) is 5.77. The topological polar surface area (TPSA) is 46.4 Å². The highest BCUT2D eigenvalue weighted by atomic mass is 16.1. The Morgan fingerprint density at radius 1 is 1.50 bits per heavy atom. The normalized spacial score (nSPS) is 17.4. The molecular weight excluding hydrogens is 250 g/mol. The van der Waals surface area contributed by atoms with Crippen molar-refractivity contribution in [3.63, 3.8) is 0 Å². The third-order valence-electron chi connectivity index (χ3n) is 4.44. The van der Waals surface area contributed by atoms with E-state index in [4.69, 9.17) is 0 Å². The third kappa shape index (κ3) is 2.09. The van der Waals surface area contributed by atoms with E-state index in [0.717, 1.165) is 25.1 Å². The molecule has 0 bridgehead atoms. The van der Waals surface area contributed by atoms with Gasteiger partial charge >= 0.3 is 0 Å². The van der Waals surface area contributed by atoms with Gasteiger partial charge in [0.25, 0.3) is 0 Å². The molecule has 0 fully saturated rings. The van der Waals surface area contributed by atoms with Crippen molar-refractivity contribution in [1.29, 1.82) is 0 Å². The molecule has 0 spiro atoms. The maximum atomic E-state index is 11.0. The maximum Gasteiger partial charge on any atom is 0.216 e. The molecule has 1 unspecified atom stereocenters. The van der Waals surface area contributed by atoms with Gasteiger partial charge in [-0.05, 0) is 61.8 Å². The van der Waals surface area contributed by atoms with Gasteiger partial charge in [-0.15, -0.1) is 0 Å². The number of hydrogen-bond donors (Lipinski definition) is 1. The molecule has 4 heteroatoms. The van der Waals surface area contributed by atoms with Gasteiger partial charge in [-0.2, -0.15) is 5.10 Å². The molecule has 0 saturated heterocycles. The fourth-order valence-electron chi connectivity index (χ4n) is 3.32. The second kappa shape index (κ2) is 4.93. The van der Waals surface area contributed by atoms with E-state index in [9.17, 15) is 4.79 Å². The predicted octanol–water partition coefficient (Wildman–Crippen LogP) is 2.51. The van der Waals surface area contributed by atoms with Gasteiger partial charge in [0.1, 0.15) is 0 Å². The first-order valence-corrected chi connectivity index (χ1v) is 7.29. The van der Waals surface area contributed by atoms with Crippen molar-refractivity contribution in [2.45, 2.75) is 46.0 Å². The Labute approximate surface area is 119 Å². The summed E-state index contributed by atoms with van der Waals surface area (Å²) in [7, 11) is 0. The second-order valence-corrected chi connectivity index (χ2v) is 5.77. The largest absolute Gasteiger partial charge is 0.356 e. The highest BCUT2D eigenvalue weighted by molar-refractivity contribution is 5.72. The van der Waals surface area contributed by atoms with Gasteiger partial charge in [-0.25, -0.2) is 4.52 Å². The van der Waals surface area contributed by atoms with Gasteiger partial charge < -0.3 is 5.32 Å². The highest BCUT2D eigenvalue weighted by Gasteiger charge is 2.26. The average molecular weight is 271 g/mol. The van der Waals surface area contributed by atoms with E-state index >= 15 is 0 Å². The van der Waals surface area contributed by atoms with Crippen LogP contribution in [0.25, 0.3) is 5.52 Å². The van der Waals surface area contributed by atoms with Crippen LogP contribution in [0.2, 0.25) is 0 Å². The minimum Gasteiger partial charge on any atom is -0.356 e. The molecule has 1 atom stereocenters. The minimum atomic E-state index is 0.0535. The van der Waals surface area contributed by atoms with Crippen molar-refractivity contribution in [3.8, 4) is 0 Å². The number of aryl methyl sites for hydroxylation is 3. The average Bonchev–Trinajstić information content (AvgIpc) is 2.92. The molecule has 1 aliphatic carbocycles. The van der Waals surface area contributed by atoms with Crippen LogP contribution in [0.3, 0.4) is 0 Å². The molecule has 106 valence electrons. The lowest BCUT2D eigenvalue weighted by molar-refractivity contribution is -0.118. The number of amides is 1. The fourth-order valence-corrected chi connectivity index (χ4v) is 3.32. The number of nitrogens with one attached hydrogen (secondary N) is 1. The first-order chi connectivity index (χ1) is 9.58. The van der Waals surface area contributed by atoms with Gasteiger partial charge in [0.05, 0.1) is 11.2 Å². The molecular formula is C16H21N3O. The summed E-state index contributed by atoms with van der Waals surface area (Å²) in [4.78, 5) is 11.0. The van der Waals surface area contributed by atoms with E-state index in [1.165, 1.54) is 28.6 Å². The van der Waals surface area contributed by atoms with E-state index in [1.54, 1.807) is 6.92 Å². The van der Waals surface area contributed by atoms with Gasteiger partial charge in [0.15, 0.2) is 0 Å². The molecule has 1 N–H and O–H groups in total. The molecule has 2 heterocycles. The number of carbonyl (C=O) groups excluding carboxylic acids is 1. The molecule has 3 rings (SSSR count). The molecule has 20 heavy (non-hydrogen) atoms. The molecule has 0 radical (unpaired) electrons. The summed E-state index contributed by atoms with van der Waals surface area (Å²) < 4.78 is 2.01. The summed E-state index contributed by atoms with van der Waals surface area (Å²) in [6.45, 7) is 6.55. The number of nitrogens with zero attached hydrogens (tertiary/aromatic N) is 2. The zero-order valence-corrected chi connectivity index (χ0v) is 12.4. The van der Waals surface area contributed by atoms with Gasteiger partial charge in [0.2, 0.25) is 5.91 Å². The molecule has 0 saturated carbocycles. The van der Waals surface area contributed by atoms with Crippen molar-refractivity contribution >= 4 is 11.4 Å². The van der Waals surface area contributed by atoms with Crippen molar-refractivity contribution in [2.75, 3.05) is 6.54 Å².